The quantitative estimate of drug-likeness (QED) is 0.526. The molecular formula is C21H24N2O5S. The molecule has 0 aliphatic carbocycles. The zero-order chi connectivity index (χ0) is 20.6. The molecule has 1 N–H and O–H groups in total. The molecule has 7 nitrogen and oxygen atoms in total. The van der Waals surface area contributed by atoms with Gasteiger partial charge in [0.05, 0.1) is 6.26 Å². The van der Waals surface area contributed by atoms with Crippen molar-refractivity contribution in [1.29, 1.82) is 0 Å². The molecule has 0 unspecified atom stereocenters. The van der Waals surface area contributed by atoms with Gasteiger partial charge in [-0.2, -0.15) is 0 Å². The predicted molar refractivity (Wildman–Crippen MR) is 109 cm³/mol. The second-order valence-electron chi connectivity index (χ2n) is 6.69. The SMILES string of the molecule is CC(=O)N1[C@@H](C(=O)OCC(=O)NCCCc2ccccc2)CS[C@H]1c1ccco1. The Morgan fingerprint density at radius 1 is 1.21 bits per heavy atom. The van der Waals surface area contributed by atoms with E-state index in [4.69, 9.17) is 9.15 Å². The fourth-order valence-electron chi connectivity index (χ4n) is 3.17. The number of rotatable bonds is 8. The van der Waals surface area contributed by atoms with Gasteiger partial charge in [-0.1, -0.05) is 30.3 Å². The molecule has 2 amide bonds. The second kappa shape index (κ2) is 10.2. The molecule has 1 aromatic heterocycles. The first-order valence-corrected chi connectivity index (χ1v) is 10.5. The Labute approximate surface area is 173 Å². The van der Waals surface area contributed by atoms with Gasteiger partial charge in [-0.25, -0.2) is 4.79 Å². The van der Waals surface area contributed by atoms with Crippen LogP contribution >= 0.6 is 11.8 Å². The molecule has 1 aromatic carbocycles. The highest BCUT2D eigenvalue weighted by molar-refractivity contribution is 7.99. The van der Waals surface area contributed by atoms with Crippen LogP contribution in [0.3, 0.4) is 0 Å². The molecule has 2 heterocycles. The normalized spacial score (nSPS) is 18.4. The van der Waals surface area contributed by atoms with Gasteiger partial charge in [0.2, 0.25) is 5.91 Å². The molecule has 3 rings (SSSR count). The van der Waals surface area contributed by atoms with E-state index in [0.717, 1.165) is 12.8 Å². The summed E-state index contributed by atoms with van der Waals surface area (Å²) in [5.41, 5.74) is 1.21. The van der Waals surface area contributed by atoms with Crippen molar-refractivity contribution < 1.29 is 23.5 Å². The first kappa shape index (κ1) is 21.0. The Balaban J connectivity index is 1.42. The fraction of sp³-hybridized carbons (Fsp3) is 0.381. The number of hydrogen-bond donors (Lipinski definition) is 1. The van der Waals surface area contributed by atoms with Gasteiger partial charge in [0, 0.05) is 19.2 Å². The van der Waals surface area contributed by atoms with Crippen molar-refractivity contribution in [3.05, 3.63) is 60.1 Å². The molecule has 1 aliphatic heterocycles. The second-order valence-corrected chi connectivity index (χ2v) is 7.80. The molecule has 0 spiro atoms. The summed E-state index contributed by atoms with van der Waals surface area (Å²) in [4.78, 5) is 37.9. The van der Waals surface area contributed by atoms with E-state index in [1.807, 2.05) is 30.3 Å². The lowest BCUT2D eigenvalue weighted by Crippen LogP contribution is -2.43. The van der Waals surface area contributed by atoms with Gasteiger partial charge >= 0.3 is 5.97 Å². The molecule has 1 fully saturated rings. The average molecular weight is 416 g/mol. The van der Waals surface area contributed by atoms with Gasteiger partial charge in [-0.05, 0) is 30.5 Å². The largest absolute Gasteiger partial charge is 0.466 e. The number of esters is 1. The zero-order valence-electron chi connectivity index (χ0n) is 16.2. The Bertz CT molecular complexity index is 825. The zero-order valence-corrected chi connectivity index (χ0v) is 17.0. The van der Waals surface area contributed by atoms with Gasteiger partial charge in [-0.3, -0.25) is 9.59 Å². The maximum Gasteiger partial charge on any atom is 0.330 e. The Kier molecular flexibility index (Phi) is 7.35. The van der Waals surface area contributed by atoms with Crippen LogP contribution in [-0.4, -0.2) is 47.6 Å². The number of nitrogens with one attached hydrogen (secondary N) is 1. The van der Waals surface area contributed by atoms with Crippen LogP contribution in [0, 0.1) is 0 Å². The molecule has 2 atom stereocenters. The number of benzene rings is 1. The molecule has 1 saturated heterocycles. The maximum absolute atomic E-state index is 12.5. The summed E-state index contributed by atoms with van der Waals surface area (Å²) >= 11 is 1.43. The first-order valence-electron chi connectivity index (χ1n) is 9.47. The van der Waals surface area contributed by atoms with Gasteiger partial charge in [0.25, 0.3) is 5.91 Å². The van der Waals surface area contributed by atoms with E-state index in [1.54, 1.807) is 12.1 Å². The highest BCUT2D eigenvalue weighted by Crippen LogP contribution is 2.41. The number of nitrogens with zero attached hydrogens (tertiary/aromatic N) is 1. The number of ether oxygens (including phenoxy) is 1. The lowest BCUT2D eigenvalue weighted by atomic mass is 10.1. The van der Waals surface area contributed by atoms with Crippen molar-refractivity contribution in [2.24, 2.45) is 0 Å². The minimum absolute atomic E-state index is 0.247. The molecular weight excluding hydrogens is 392 g/mol. The summed E-state index contributed by atoms with van der Waals surface area (Å²) in [6.07, 6.45) is 3.19. The van der Waals surface area contributed by atoms with E-state index in [-0.39, 0.29) is 23.8 Å². The lowest BCUT2D eigenvalue weighted by molar-refractivity contribution is -0.156. The fourth-order valence-corrected chi connectivity index (χ4v) is 4.59. The van der Waals surface area contributed by atoms with Crippen LogP contribution in [0.4, 0.5) is 0 Å². The summed E-state index contributed by atoms with van der Waals surface area (Å²) < 4.78 is 10.5. The number of thioether (sulfide) groups is 1. The molecule has 0 saturated carbocycles. The van der Waals surface area contributed by atoms with Crippen LogP contribution in [0.1, 0.15) is 30.0 Å². The summed E-state index contributed by atoms with van der Waals surface area (Å²) in [6, 6.07) is 12.8. The third-order valence-electron chi connectivity index (χ3n) is 4.58. The smallest absolute Gasteiger partial charge is 0.330 e. The maximum atomic E-state index is 12.5. The Hall–Kier alpha value is -2.74. The van der Waals surface area contributed by atoms with Gasteiger partial charge in [0.15, 0.2) is 6.61 Å². The molecule has 0 radical (unpaired) electrons. The van der Waals surface area contributed by atoms with Crippen LogP contribution in [0.15, 0.2) is 53.1 Å². The summed E-state index contributed by atoms with van der Waals surface area (Å²) in [5, 5.41) is 2.38. The molecule has 8 heteroatoms. The van der Waals surface area contributed by atoms with Crippen LogP contribution in [0.2, 0.25) is 0 Å². The highest BCUT2D eigenvalue weighted by Gasteiger charge is 2.43. The molecule has 2 aromatic rings. The lowest BCUT2D eigenvalue weighted by Gasteiger charge is -2.25. The molecule has 1 aliphatic rings. The molecule has 154 valence electrons. The van der Waals surface area contributed by atoms with E-state index < -0.39 is 12.0 Å². The topological polar surface area (TPSA) is 88.8 Å². The van der Waals surface area contributed by atoms with Gasteiger partial charge < -0.3 is 19.4 Å². The van der Waals surface area contributed by atoms with Gasteiger partial charge in [0.1, 0.15) is 17.2 Å². The Morgan fingerprint density at radius 2 is 2.00 bits per heavy atom. The third kappa shape index (κ3) is 5.63. The summed E-state index contributed by atoms with van der Waals surface area (Å²) in [7, 11) is 0. The van der Waals surface area contributed by atoms with Crippen LogP contribution in [0.25, 0.3) is 0 Å². The summed E-state index contributed by atoms with van der Waals surface area (Å²) in [6.45, 7) is 1.55. The monoisotopic (exact) mass is 416 g/mol. The number of hydrogen-bond acceptors (Lipinski definition) is 6. The molecule has 29 heavy (non-hydrogen) atoms. The van der Waals surface area contributed by atoms with Crippen molar-refractivity contribution in [3.8, 4) is 0 Å². The number of aryl methyl sites for hydroxylation is 1. The minimum atomic E-state index is -0.738. The average Bonchev–Trinajstić information content (AvgIpc) is 3.39. The van der Waals surface area contributed by atoms with Crippen molar-refractivity contribution >= 4 is 29.5 Å². The number of carbonyl (C=O) groups excluding carboxylic acids is 3. The number of amides is 2. The highest BCUT2D eigenvalue weighted by atomic mass is 32.2. The van der Waals surface area contributed by atoms with Crippen LogP contribution in [0.5, 0.6) is 0 Å². The van der Waals surface area contributed by atoms with E-state index in [0.29, 0.717) is 18.1 Å². The van der Waals surface area contributed by atoms with Crippen molar-refractivity contribution in [1.82, 2.24) is 10.2 Å². The number of furan rings is 1. The van der Waals surface area contributed by atoms with E-state index in [9.17, 15) is 14.4 Å². The number of carbonyl (C=O) groups is 3. The standard InChI is InChI=1S/C21H24N2O5S/c1-15(24)23-17(14-29-20(23)18-10-6-12-27-18)21(26)28-13-19(25)22-11-5-9-16-7-3-2-4-8-16/h2-4,6-8,10,12,17,20H,5,9,11,13-14H2,1H3,(H,22,25)/t17-,20+/m1/s1. The van der Waals surface area contributed by atoms with Crippen molar-refractivity contribution in [2.45, 2.75) is 31.2 Å². The molecule has 0 bridgehead atoms. The van der Waals surface area contributed by atoms with Crippen LogP contribution < -0.4 is 5.32 Å². The summed E-state index contributed by atoms with van der Waals surface area (Å²) in [5.74, 6) is -0.182. The first-order chi connectivity index (χ1) is 14.1. The minimum Gasteiger partial charge on any atom is -0.466 e. The third-order valence-corrected chi connectivity index (χ3v) is 5.86. The van der Waals surface area contributed by atoms with Crippen molar-refractivity contribution in [2.75, 3.05) is 18.9 Å². The van der Waals surface area contributed by atoms with Crippen LogP contribution in [-0.2, 0) is 25.5 Å². The van der Waals surface area contributed by atoms with E-state index >= 15 is 0 Å². The van der Waals surface area contributed by atoms with E-state index in [1.165, 1.54) is 35.4 Å². The van der Waals surface area contributed by atoms with Crippen molar-refractivity contribution in [3.63, 3.8) is 0 Å². The van der Waals surface area contributed by atoms with Gasteiger partial charge in [-0.15, -0.1) is 11.8 Å². The van der Waals surface area contributed by atoms with E-state index in [2.05, 4.69) is 5.32 Å². The predicted octanol–water partition coefficient (Wildman–Crippen LogP) is 2.53. The Morgan fingerprint density at radius 3 is 2.69 bits per heavy atom.